The number of carboxylic acids is 1. The van der Waals surface area contributed by atoms with Crippen LogP contribution in [-0.2, 0) is 4.79 Å². The first kappa shape index (κ1) is 21.9. The minimum absolute atomic E-state index is 0.206. The molecule has 1 aromatic carbocycles. The Balaban J connectivity index is 2.40. The van der Waals surface area contributed by atoms with Gasteiger partial charge in [-0.2, -0.15) is 0 Å². The van der Waals surface area contributed by atoms with Crippen molar-refractivity contribution in [2.45, 2.75) is 64.4 Å². The van der Waals surface area contributed by atoms with E-state index in [0.717, 1.165) is 24.0 Å². The van der Waals surface area contributed by atoms with Crippen molar-refractivity contribution in [1.29, 1.82) is 0 Å². The maximum atomic E-state index is 10.5. The van der Waals surface area contributed by atoms with E-state index in [1.807, 2.05) is 42.5 Å². The molecule has 0 aromatic heterocycles. The molecule has 1 unspecified atom stereocenters. The Kier molecular flexibility index (Phi) is 11.9. The quantitative estimate of drug-likeness (QED) is 0.344. The molecule has 1 aromatic rings. The van der Waals surface area contributed by atoms with Crippen LogP contribution in [0, 0.1) is 0 Å². The zero-order chi connectivity index (χ0) is 19.0. The Labute approximate surface area is 157 Å². The highest BCUT2D eigenvalue weighted by molar-refractivity contribution is 5.66. The highest BCUT2D eigenvalue weighted by Gasteiger charge is 1.97. The summed E-state index contributed by atoms with van der Waals surface area (Å²) < 4.78 is 0. The highest BCUT2D eigenvalue weighted by Crippen LogP contribution is 2.11. The van der Waals surface area contributed by atoms with Crippen molar-refractivity contribution in [3.63, 3.8) is 0 Å². The summed E-state index contributed by atoms with van der Waals surface area (Å²) in [5.41, 5.74) is 2.12. The summed E-state index contributed by atoms with van der Waals surface area (Å²) in [6, 6.07) is 8.06. The molecule has 2 N–H and O–H groups in total. The molecule has 0 bridgehead atoms. The first-order valence-electron chi connectivity index (χ1n) is 9.61. The predicted molar refractivity (Wildman–Crippen MR) is 110 cm³/mol. The molecule has 0 fully saturated rings. The molecule has 26 heavy (non-hydrogen) atoms. The monoisotopic (exact) mass is 356 g/mol. The molecule has 0 amide bonds. The van der Waals surface area contributed by atoms with Crippen molar-refractivity contribution < 1.29 is 15.0 Å². The molecule has 0 aliphatic carbocycles. The molecular weight excluding hydrogens is 324 g/mol. The molecule has 3 nitrogen and oxygen atoms in total. The number of rotatable bonds is 13. The summed E-state index contributed by atoms with van der Waals surface area (Å²) in [6.45, 7) is 2.20. The predicted octanol–water partition coefficient (Wildman–Crippen LogP) is 5.86. The van der Waals surface area contributed by atoms with E-state index in [1.54, 1.807) is 0 Å². The maximum Gasteiger partial charge on any atom is 0.303 e. The third-order valence-corrected chi connectivity index (χ3v) is 4.01. The zero-order valence-corrected chi connectivity index (χ0v) is 15.8. The van der Waals surface area contributed by atoms with Gasteiger partial charge < -0.3 is 10.2 Å². The number of unbranched alkanes of at least 4 members (excludes halogenated alkanes) is 4. The average Bonchev–Trinajstić information content (AvgIpc) is 2.63. The number of aliphatic hydroxyl groups is 1. The third-order valence-electron chi connectivity index (χ3n) is 4.01. The second-order valence-corrected chi connectivity index (χ2v) is 6.49. The summed E-state index contributed by atoms with van der Waals surface area (Å²) in [5.74, 6) is -0.750. The van der Waals surface area contributed by atoms with E-state index >= 15 is 0 Å². The minimum atomic E-state index is -0.750. The lowest BCUT2D eigenvalue weighted by Gasteiger charge is -2.02. The molecule has 0 saturated heterocycles. The molecule has 0 saturated carbocycles. The lowest BCUT2D eigenvalue weighted by atomic mass is 10.1. The van der Waals surface area contributed by atoms with Gasteiger partial charge in [0.25, 0.3) is 0 Å². The van der Waals surface area contributed by atoms with E-state index in [9.17, 15) is 9.90 Å². The summed E-state index contributed by atoms with van der Waals surface area (Å²) >= 11 is 0. The number of allylic oxidation sites excluding steroid dienone is 2. The molecule has 1 rings (SSSR count). The second kappa shape index (κ2) is 14.1. The number of carbonyl (C=O) groups is 1. The first-order valence-corrected chi connectivity index (χ1v) is 9.61. The summed E-state index contributed by atoms with van der Waals surface area (Å²) in [7, 11) is 0. The summed E-state index contributed by atoms with van der Waals surface area (Å²) in [6.07, 6.45) is 18.6. The number of benzene rings is 1. The fourth-order valence-corrected chi connectivity index (χ4v) is 2.52. The Morgan fingerprint density at radius 3 is 2.50 bits per heavy atom. The number of hydrogen-bond acceptors (Lipinski definition) is 2. The molecule has 0 spiro atoms. The normalized spacial score (nSPS) is 13.2. The van der Waals surface area contributed by atoms with Gasteiger partial charge in [0.2, 0.25) is 0 Å². The molecule has 0 aliphatic rings. The van der Waals surface area contributed by atoms with Gasteiger partial charge in [-0.3, -0.25) is 4.79 Å². The van der Waals surface area contributed by atoms with Gasteiger partial charge in [0.15, 0.2) is 0 Å². The van der Waals surface area contributed by atoms with E-state index in [4.69, 9.17) is 5.11 Å². The molecule has 0 aliphatic heterocycles. The largest absolute Gasteiger partial charge is 0.481 e. The smallest absolute Gasteiger partial charge is 0.303 e. The fourth-order valence-electron chi connectivity index (χ4n) is 2.52. The van der Waals surface area contributed by atoms with Gasteiger partial charge in [0.1, 0.15) is 0 Å². The van der Waals surface area contributed by atoms with Crippen molar-refractivity contribution in [3.8, 4) is 0 Å². The van der Waals surface area contributed by atoms with Crippen LogP contribution in [0.3, 0.4) is 0 Å². The minimum Gasteiger partial charge on any atom is -0.481 e. The van der Waals surface area contributed by atoms with Crippen molar-refractivity contribution in [1.82, 2.24) is 0 Å². The topological polar surface area (TPSA) is 57.5 Å². The van der Waals surface area contributed by atoms with Gasteiger partial charge in [-0.15, -0.1) is 0 Å². The van der Waals surface area contributed by atoms with Gasteiger partial charge in [-0.1, -0.05) is 74.4 Å². The van der Waals surface area contributed by atoms with Crippen molar-refractivity contribution in [2.24, 2.45) is 0 Å². The van der Waals surface area contributed by atoms with E-state index in [0.29, 0.717) is 12.8 Å². The summed E-state index contributed by atoms with van der Waals surface area (Å²) in [5, 5.41) is 18.6. The van der Waals surface area contributed by atoms with Gasteiger partial charge in [0.05, 0.1) is 6.10 Å². The van der Waals surface area contributed by atoms with Gasteiger partial charge in [0, 0.05) is 6.42 Å². The first-order chi connectivity index (χ1) is 12.6. The fraction of sp³-hybridized carbons (Fsp3) is 0.435. The van der Waals surface area contributed by atoms with E-state index in [-0.39, 0.29) is 6.42 Å². The molecular formula is C23H32O3. The van der Waals surface area contributed by atoms with Crippen LogP contribution < -0.4 is 0 Å². The maximum absolute atomic E-state index is 10.5. The van der Waals surface area contributed by atoms with Crippen molar-refractivity contribution in [2.75, 3.05) is 0 Å². The molecule has 3 heteroatoms. The third kappa shape index (κ3) is 11.4. The van der Waals surface area contributed by atoms with Crippen molar-refractivity contribution in [3.05, 3.63) is 59.7 Å². The SMILES string of the molecule is CCCCC/C=C/CC(O)/C=C/c1cccc(/C=C/CCCC(=O)O)c1. The standard InChI is InChI=1S/C23H32O3/c1-2-3-4-5-6-9-15-22(24)18-17-21-14-11-13-20(19-21)12-8-7-10-16-23(25)26/h6,8-9,11-14,17-19,22,24H,2-5,7,10,15-16H2,1H3,(H,25,26)/b9-6+,12-8+,18-17+. The van der Waals surface area contributed by atoms with E-state index in [1.165, 1.54) is 19.3 Å². The van der Waals surface area contributed by atoms with Gasteiger partial charge >= 0.3 is 5.97 Å². The second-order valence-electron chi connectivity index (χ2n) is 6.49. The van der Waals surface area contributed by atoms with Crippen LogP contribution >= 0.6 is 0 Å². The van der Waals surface area contributed by atoms with Crippen LogP contribution in [0.1, 0.15) is 69.4 Å². The molecule has 0 radical (unpaired) electrons. The molecule has 1 atom stereocenters. The number of aliphatic carboxylic acids is 1. The number of aliphatic hydroxyl groups excluding tert-OH is 1. The lowest BCUT2D eigenvalue weighted by Crippen LogP contribution is -1.98. The number of carboxylic acid groups (broad SMARTS) is 1. The van der Waals surface area contributed by atoms with Crippen LogP contribution in [0.15, 0.2) is 48.6 Å². The Hall–Kier alpha value is -2.13. The number of hydrogen-bond donors (Lipinski definition) is 2. The zero-order valence-electron chi connectivity index (χ0n) is 15.8. The Bertz CT molecular complexity index is 599. The average molecular weight is 357 g/mol. The molecule has 142 valence electrons. The van der Waals surface area contributed by atoms with Crippen LogP contribution in [0.4, 0.5) is 0 Å². The van der Waals surface area contributed by atoms with Crippen molar-refractivity contribution >= 4 is 18.1 Å². The highest BCUT2D eigenvalue weighted by atomic mass is 16.4. The van der Waals surface area contributed by atoms with Crippen LogP contribution in [0.5, 0.6) is 0 Å². The van der Waals surface area contributed by atoms with E-state index in [2.05, 4.69) is 25.1 Å². The van der Waals surface area contributed by atoms with Gasteiger partial charge in [-0.05, 0) is 49.3 Å². The van der Waals surface area contributed by atoms with E-state index < -0.39 is 12.1 Å². The van der Waals surface area contributed by atoms with Crippen LogP contribution in [-0.4, -0.2) is 22.3 Å². The lowest BCUT2D eigenvalue weighted by molar-refractivity contribution is -0.137. The van der Waals surface area contributed by atoms with Crippen LogP contribution in [0.2, 0.25) is 0 Å². The molecule has 0 heterocycles. The Morgan fingerprint density at radius 2 is 1.77 bits per heavy atom. The Morgan fingerprint density at radius 1 is 1.04 bits per heavy atom. The van der Waals surface area contributed by atoms with Crippen LogP contribution in [0.25, 0.3) is 12.2 Å². The summed E-state index contributed by atoms with van der Waals surface area (Å²) in [4.78, 5) is 10.5. The van der Waals surface area contributed by atoms with Gasteiger partial charge in [-0.25, -0.2) is 0 Å².